The van der Waals surface area contributed by atoms with E-state index >= 15 is 0 Å². The van der Waals surface area contributed by atoms with Crippen LogP contribution in [0.3, 0.4) is 0 Å². The molecule has 0 bridgehead atoms. The topological polar surface area (TPSA) is 38.1 Å². The lowest BCUT2D eigenvalue weighted by atomic mass is 10.1. The third-order valence-corrected chi connectivity index (χ3v) is 4.29. The lowest BCUT2D eigenvalue weighted by Crippen LogP contribution is -2.15. The summed E-state index contributed by atoms with van der Waals surface area (Å²) >= 11 is 1.78. The summed E-state index contributed by atoms with van der Waals surface area (Å²) in [5.74, 6) is 0.470. The Balaban J connectivity index is 1.85. The van der Waals surface area contributed by atoms with Crippen molar-refractivity contribution in [1.29, 1.82) is 0 Å². The average molecular weight is 262 g/mol. The maximum Gasteiger partial charge on any atom is 0.127 e. The Morgan fingerprint density at radius 2 is 2.33 bits per heavy atom. The molecule has 1 aliphatic rings. The molecule has 1 saturated carbocycles. The van der Waals surface area contributed by atoms with Crippen LogP contribution in [0, 0.1) is 0 Å². The summed E-state index contributed by atoms with van der Waals surface area (Å²) in [7, 11) is 0. The van der Waals surface area contributed by atoms with Crippen molar-refractivity contribution in [3.05, 3.63) is 29.2 Å². The number of nitrogens with zero attached hydrogens (tertiary/aromatic N) is 1. The molecule has 3 nitrogen and oxygen atoms in total. The molecule has 0 aromatic carbocycles. The van der Waals surface area contributed by atoms with Crippen LogP contribution in [0.5, 0.6) is 0 Å². The monoisotopic (exact) mass is 262 g/mol. The second kappa shape index (κ2) is 4.86. The molecule has 0 radical (unpaired) electrons. The van der Waals surface area contributed by atoms with E-state index in [2.05, 4.69) is 19.2 Å². The summed E-state index contributed by atoms with van der Waals surface area (Å²) in [6.07, 6.45) is 6.11. The van der Waals surface area contributed by atoms with Gasteiger partial charge in [0.05, 0.1) is 12.0 Å². The molecule has 0 unspecified atom stereocenters. The Kier molecular flexibility index (Phi) is 3.22. The predicted molar refractivity (Wildman–Crippen MR) is 73.8 cm³/mol. The second-order valence-electron chi connectivity index (χ2n) is 5.15. The van der Waals surface area contributed by atoms with Gasteiger partial charge in [-0.15, -0.1) is 11.3 Å². The van der Waals surface area contributed by atoms with E-state index in [1.807, 2.05) is 6.07 Å². The lowest BCUT2D eigenvalue weighted by molar-refractivity contribution is 0.568. The molecule has 0 atom stereocenters. The van der Waals surface area contributed by atoms with Crippen molar-refractivity contribution in [3.63, 3.8) is 0 Å². The van der Waals surface area contributed by atoms with Crippen LogP contribution in [0.25, 0.3) is 10.6 Å². The molecule has 0 aliphatic heterocycles. The zero-order valence-electron chi connectivity index (χ0n) is 10.8. The average Bonchev–Trinajstić information content (AvgIpc) is 2.87. The Morgan fingerprint density at radius 1 is 1.50 bits per heavy atom. The van der Waals surface area contributed by atoms with Gasteiger partial charge in [-0.3, -0.25) is 0 Å². The van der Waals surface area contributed by atoms with Crippen LogP contribution in [0.4, 0.5) is 0 Å². The summed E-state index contributed by atoms with van der Waals surface area (Å²) in [5.41, 5.74) is 2.31. The molecule has 2 heterocycles. The standard InChI is InChI=1S/C14H18N2OS/c1-9(2)13-12(7-15-11-3-4-11)18-14(16-13)10-5-6-17-8-10/h5-6,8-9,11,15H,3-4,7H2,1-2H3. The highest BCUT2D eigenvalue weighted by atomic mass is 32.1. The molecule has 3 rings (SSSR count). The summed E-state index contributed by atoms with van der Waals surface area (Å²) in [4.78, 5) is 6.14. The molecule has 18 heavy (non-hydrogen) atoms. The summed E-state index contributed by atoms with van der Waals surface area (Å²) in [6.45, 7) is 5.36. The van der Waals surface area contributed by atoms with E-state index in [1.165, 1.54) is 23.4 Å². The molecule has 2 aromatic rings. The van der Waals surface area contributed by atoms with E-state index in [-0.39, 0.29) is 0 Å². The van der Waals surface area contributed by atoms with Crippen molar-refractivity contribution in [2.45, 2.75) is 45.2 Å². The van der Waals surface area contributed by atoms with Crippen LogP contribution in [0.2, 0.25) is 0 Å². The van der Waals surface area contributed by atoms with Crippen molar-refractivity contribution in [2.75, 3.05) is 0 Å². The first-order chi connectivity index (χ1) is 8.74. The van der Waals surface area contributed by atoms with Gasteiger partial charge >= 0.3 is 0 Å². The first-order valence-electron chi connectivity index (χ1n) is 6.49. The van der Waals surface area contributed by atoms with Gasteiger partial charge in [0.15, 0.2) is 0 Å². The minimum absolute atomic E-state index is 0.470. The highest BCUT2D eigenvalue weighted by Gasteiger charge is 2.22. The molecule has 1 aliphatic carbocycles. The van der Waals surface area contributed by atoms with E-state index < -0.39 is 0 Å². The van der Waals surface area contributed by atoms with Gasteiger partial charge in [0.25, 0.3) is 0 Å². The number of thiazole rings is 1. The van der Waals surface area contributed by atoms with Crippen molar-refractivity contribution < 1.29 is 4.42 Å². The quantitative estimate of drug-likeness (QED) is 0.891. The number of hydrogen-bond acceptors (Lipinski definition) is 4. The third kappa shape index (κ3) is 2.49. The van der Waals surface area contributed by atoms with Crippen LogP contribution in [-0.4, -0.2) is 11.0 Å². The lowest BCUT2D eigenvalue weighted by Gasteiger charge is -2.05. The van der Waals surface area contributed by atoms with Gasteiger partial charge in [-0.05, 0) is 24.8 Å². The molecular weight excluding hydrogens is 244 g/mol. The Morgan fingerprint density at radius 3 is 2.94 bits per heavy atom. The molecule has 0 saturated heterocycles. The van der Waals surface area contributed by atoms with Gasteiger partial charge in [-0.25, -0.2) is 4.98 Å². The fraction of sp³-hybridized carbons (Fsp3) is 0.500. The van der Waals surface area contributed by atoms with Crippen LogP contribution >= 0.6 is 11.3 Å². The van der Waals surface area contributed by atoms with E-state index in [0.717, 1.165) is 23.2 Å². The Hall–Kier alpha value is -1.13. The maximum absolute atomic E-state index is 5.14. The van der Waals surface area contributed by atoms with Gasteiger partial charge in [0.1, 0.15) is 11.3 Å². The number of hydrogen-bond donors (Lipinski definition) is 1. The smallest absolute Gasteiger partial charge is 0.127 e. The van der Waals surface area contributed by atoms with Crippen molar-refractivity contribution in [2.24, 2.45) is 0 Å². The molecular formula is C14H18N2OS. The number of furan rings is 1. The fourth-order valence-electron chi connectivity index (χ4n) is 1.98. The SMILES string of the molecule is CC(C)c1nc(-c2ccoc2)sc1CNC1CC1. The van der Waals surface area contributed by atoms with Crippen LogP contribution in [0.15, 0.2) is 23.0 Å². The van der Waals surface area contributed by atoms with Crippen LogP contribution < -0.4 is 5.32 Å². The summed E-state index contributed by atoms with van der Waals surface area (Å²) in [5, 5.41) is 4.64. The zero-order chi connectivity index (χ0) is 12.5. The molecule has 1 N–H and O–H groups in total. The van der Waals surface area contributed by atoms with Crippen molar-refractivity contribution in [3.8, 4) is 10.6 Å². The maximum atomic E-state index is 5.14. The predicted octanol–water partition coefficient (Wildman–Crippen LogP) is 3.78. The van der Waals surface area contributed by atoms with E-state index in [1.54, 1.807) is 23.9 Å². The van der Waals surface area contributed by atoms with Gasteiger partial charge in [0, 0.05) is 23.0 Å². The van der Waals surface area contributed by atoms with Gasteiger partial charge in [-0.2, -0.15) is 0 Å². The van der Waals surface area contributed by atoms with Gasteiger partial charge < -0.3 is 9.73 Å². The van der Waals surface area contributed by atoms with E-state index in [9.17, 15) is 0 Å². The van der Waals surface area contributed by atoms with Crippen LogP contribution in [-0.2, 0) is 6.54 Å². The largest absolute Gasteiger partial charge is 0.472 e. The van der Waals surface area contributed by atoms with E-state index in [0.29, 0.717) is 5.92 Å². The van der Waals surface area contributed by atoms with E-state index in [4.69, 9.17) is 9.40 Å². The van der Waals surface area contributed by atoms with Gasteiger partial charge in [-0.1, -0.05) is 13.8 Å². The van der Waals surface area contributed by atoms with Crippen LogP contribution in [0.1, 0.15) is 43.2 Å². The first kappa shape index (κ1) is 11.9. The van der Waals surface area contributed by atoms with Gasteiger partial charge in [0.2, 0.25) is 0 Å². The zero-order valence-corrected chi connectivity index (χ0v) is 11.6. The molecule has 2 aromatic heterocycles. The number of rotatable bonds is 5. The van der Waals surface area contributed by atoms with Crippen molar-refractivity contribution >= 4 is 11.3 Å². The normalized spacial score (nSPS) is 15.5. The highest BCUT2D eigenvalue weighted by Crippen LogP contribution is 2.32. The number of nitrogens with one attached hydrogen (secondary N) is 1. The fourth-order valence-corrected chi connectivity index (χ4v) is 3.13. The molecule has 0 amide bonds. The summed E-state index contributed by atoms with van der Waals surface area (Å²) in [6, 6.07) is 2.71. The number of aromatic nitrogens is 1. The highest BCUT2D eigenvalue weighted by molar-refractivity contribution is 7.15. The Bertz CT molecular complexity index is 512. The molecule has 0 spiro atoms. The minimum Gasteiger partial charge on any atom is -0.472 e. The Labute approximate surface area is 111 Å². The molecule has 4 heteroatoms. The second-order valence-corrected chi connectivity index (χ2v) is 6.23. The van der Waals surface area contributed by atoms with Crippen molar-refractivity contribution in [1.82, 2.24) is 10.3 Å². The third-order valence-electron chi connectivity index (χ3n) is 3.17. The summed E-state index contributed by atoms with van der Waals surface area (Å²) < 4.78 is 5.14. The molecule has 96 valence electrons. The first-order valence-corrected chi connectivity index (χ1v) is 7.31. The minimum atomic E-state index is 0.470. The molecule has 1 fully saturated rings.